The first-order valence-corrected chi connectivity index (χ1v) is 7.51. The van der Waals surface area contributed by atoms with Crippen LogP contribution in [0.5, 0.6) is 5.75 Å². The second kappa shape index (κ2) is 5.53. The highest BCUT2D eigenvalue weighted by atomic mass is 16.5. The summed E-state index contributed by atoms with van der Waals surface area (Å²) < 4.78 is 7.44. The number of nitrogens with one attached hydrogen (secondary N) is 1. The van der Waals surface area contributed by atoms with Gasteiger partial charge in [-0.05, 0) is 44.4 Å². The van der Waals surface area contributed by atoms with E-state index < -0.39 is 0 Å². The van der Waals surface area contributed by atoms with Crippen LogP contribution in [-0.4, -0.2) is 22.9 Å². The summed E-state index contributed by atoms with van der Waals surface area (Å²) in [4.78, 5) is 0. The summed E-state index contributed by atoms with van der Waals surface area (Å²) in [6.45, 7) is 5.04. The Balaban J connectivity index is 1.96. The quantitative estimate of drug-likeness (QED) is 0.918. The molecule has 0 bridgehead atoms. The Morgan fingerprint density at radius 2 is 2.10 bits per heavy atom. The van der Waals surface area contributed by atoms with Gasteiger partial charge in [0.25, 0.3) is 0 Å². The Labute approximate surface area is 126 Å². The molecule has 4 heteroatoms. The van der Waals surface area contributed by atoms with Crippen LogP contribution >= 0.6 is 0 Å². The predicted molar refractivity (Wildman–Crippen MR) is 84.5 cm³/mol. The highest BCUT2D eigenvalue weighted by molar-refractivity contribution is 5.70. The van der Waals surface area contributed by atoms with Crippen LogP contribution in [0.3, 0.4) is 0 Å². The highest BCUT2D eigenvalue weighted by Gasteiger charge is 2.21. The molecular formula is C17H23N3O. The van der Waals surface area contributed by atoms with Crippen LogP contribution in [0.2, 0.25) is 0 Å². The van der Waals surface area contributed by atoms with Gasteiger partial charge >= 0.3 is 0 Å². The van der Waals surface area contributed by atoms with Crippen LogP contribution in [-0.2, 0) is 13.6 Å². The number of ether oxygens (including phenoxy) is 1. The third kappa shape index (κ3) is 2.81. The van der Waals surface area contributed by atoms with Crippen LogP contribution < -0.4 is 10.1 Å². The van der Waals surface area contributed by atoms with Gasteiger partial charge in [-0.15, -0.1) is 0 Å². The van der Waals surface area contributed by atoms with Crippen molar-refractivity contribution in [1.82, 2.24) is 15.1 Å². The number of aromatic nitrogens is 2. The van der Waals surface area contributed by atoms with E-state index in [4.69, 9.17) is 4.74 Å². The predicted octanol–water partition coefficient (Wildman–Crippen LogP) is 2.96. The molecule has 0 amide bonds. The lowest BCUT2D eigenvalue weighted by Crippen LogP contribution is -2.15. The van der Waals surface area contributed by atoms with Gasteiger partial charge in [0.2, 0.25) is 0 Å². The number of hydrogen-bond acceptors (Lipinski definition) is 3. The molecule has 0 aliphatic heterocycles. The first kappa shape index (κ1) is 14.1. The van der Waals surface area contributed by atoms with Crippen LogP contribution in [0.1, 0.15) is 29.8 Å². The van der Waals surface area contributed by atoms with Crippen molar-refractivity contribution in [3.8, 4) is 16.9 Å². The van der Waals surface area contributed by atoms with E-state index in [9.17, 15) is 0 Å². The molecule has 1 aliphatic rings. The number of benzene rings is 1. The molecule has 0 unspecified atom stereocenters. The minimum atomic E-state index is 0.695. The molecule has 1 heterocycles. The molecule has 2 aromatic rings. The Morgan fingerprint density at radius 3 is 2.67 bits per heavy atom. The van der Waals surface area contributed by atoms with Crippen molar-refractivity contribution in [2.45, 2.75) is 39.3 Å². The third-order valence-corrected chi connectivity index (χ3v) is 4.24. The molecule has 112 valence electrons. The lowest BCUT2D eigenvalue weighted by atomic mass is 10.0. The molecule has 0 spiro atoms. The third-order valence-electron chi connectivity index (χ3n) is 4.24. The van der Waals surface area contributed by atoms with E-state index in [-0.39, 0.29) is 0 Å². The lowest BCUT2D eigenvalue weighted by Gasteiger charge is -2.12. The maximum Gasteiger partial charge on any atom is 0.123 e. The van der Waals surface area contributed by atoms with Gasteiger partial charge in [-0.25, -0.2) is 0 Å². The normalized spacial score (nSPS) is 14.5. The fraction of sp³-hybridized carbons (Fsp3) is 0.471. The summed E-state index contributed by atoms with van der Waals surface area (Å²) in [5.41, 5.74) is 5.92. The van der Waals surface area contributed by atoms with E-state index in [0.29, 0.717) is 6.04 Å². The lowest BCUT2D eigenvalue weighted by molar-refractivity contribution is 0.407. The molecule has 0 saturated heterocycles. The number of hydrogen-bond donors (Lipinski definition) is 1. The first-order chi connectivity index (χ1) is 10.1. The molecule has 1 aromatic heterocycles. The van der Waals surface area contributed by atoms with Crippen molar-refractivity contribution in [2.24, 2.45) is 7.05 Å². The van der Waals surface area contributed by atoms with Crippen LogP contribution in [0.15, 0.2) is 18.2 Å². The van der Waals surface area contributed by atoms with E-state index in [2.05, 4.69) is 42.5 Å². The molecule has 1 aromatic carbocycles. The summed E-state index contributed by atoms with van der Waals surface area (Å²) in [5, 5.41) is 8.07. The van der Waals surface area contributed by atoms with E-state index in [0.717, 1.165) is 18.0 Å². The minimum Gasteiger partial charge on any atom is -0.496 e. The fourth-order valence-corrected chi connectivity index (χ4v) is 2.81. The summed E-state index contributed by atoms with van der Waals surface area (Å²) >= 11 is 0. The molecular weight excluding hydrogens is 262 g/mol. The monoisotopic (exact) mass is 285 g/mol. The van der Waals surface area contributed by atoms with E-state index in [1.807, 2.05) is 11.7 Å². The Kier molecular flexibility index (Phi) is 3.72. The highest BCUT2D eigenvalue weighted by Crippen LogP contribution is 2.31. The number of nitrogens with zero attached hydrogens (tertiary/aromatic N) is 2. The number of methoxy groups -OCH3 is 1. The van der Waals surface area contributed by atoms with E-state index >= 15 is 0 Å². The fourth-order valence-electron chi connectivity index (χ4n) is 2.81. The SMILES string of the molecule is COc1ccc(-c2c(C)nn(C)c2C)cc1CNC1CC1. The number of rotatable bonds is 5. The van der Waals surface area contributed by atoms with E-state index in [1.54, 1.807) is 7.11 Å². The molecule has 1 N–H and O–H groups in total. The second-order valence-electron chi connectivity index (χ2n) is 5.85. The molecule has 0 radical (unpaired) electrons. The Bertz CT molecular complexity index is 656. The molecule has 0 atom stereocenters. The molecule has 3 rings (SSSR count). The molecule has 1 aliphatic carbocycles. The summed E-state index contributed by atoms with van der Waals surface area (Å²) in [6, 6.07) is 7.10. The second-order valence-corrected chi connectivity index (χ2v) is 5.85. The Morgan fingerprint density at radius 1 is 1.33 bits per heavy atom. The van der Waals surface area contributed by atoms with Gasteiger partial charge in [-0.2, -0.15) is 5.10 Å². The van der Waals surface area contributed by atoms with Gasteiger partial charge < -0.3 is 10.1 Å². The smallest absolute Gasteiger partial charge is 0.123 e. The summed E-state index contributed by atoms with van der Waals surface area (Å²) in [6.07, 6.45) is 2.59. The topological polar surface area (TPSA) is 39.1 Å². The average Bonchev–Trinajstić information content (AvgIpc) is 3.25. The van der Waals surface area contributed by atoms with Gasteiger partial charge in [0.05, 0.1) is 12.8 Å². The molecule has 21 heavy (non-hydrogen) atoms. The van der Waals surface area contributed by atoms with Gasteiger partial charge in [0.1, 0.15) is 5.75 Å². The summed E-state index contributed by atoms with van der Waals surface area (Å²) in [7, 11) is 3.72. The zero-order valence-electron chi connectivity index (χ0n) is 13.2. The van der Waals surface area contributed by atoms with Crippen LogP contribution in [0.4, 0.5) is 0 Å². The van der Waals surface area contributed by atoms with Crippen LogP contribution in [0, 0.1) is 13.8 Å². The molecule has 1 saturated carbocycles. The van der Waals surface area contributed by atoms with Gasteiger partial charge in [-0.3, -0.25) is 4.68 Å². The van der Waals surface area contributed by atoms with E-state index in [1.165, 1.54) is 35.2 Å². The minimum absolute atomic E-state index is 0.695. The molecule has 4 nitrogen and oxygen atoms in total. The van der Waals surface area contributed by atoms with Gasteiger partial charge in [0, 0.05) is 36.5 Å². The number of aryl methyl sites for hydroxylation is 2. The van der Waals surface area contributed by atoms with Crippen molar-refractivity contribution in [3.63, 3.8) is 0 Å². The van der Waals surface area contributed by atoms with Crippen molar-refractivity contribution in [1.29, 1.82) is 0 Å². The summed E-state index contributed by atoms with van der Waals surface area (Å²) in [5.74, 6) is 0.950. The van der Waals surface area contributed by atoms with Gasteiger partial charge in [-0.1, -0.05) is 6.07 Å². The zero-order chi connectivity index (χ0) is 15.0. The zero-order valence-corrected chi connectivity index (χ0v) is 13.2. The van der Waals surface area contributed by atoms with Crippen molar-refractivity contribution < 1.29 is 4.74 Å². The van der Waals surface area contributed by atoms with Crippen molar-refractivity contribution >= 4 is 0 Å². The van der Waals surface area contributed by atoms with Crippen molar-refractivity contribution in [3.05, 3.63) is 35.2 Å². The standard InChI is InChI=1S/C17H23N3O/c1-11-17(12(2)20(3)19-11)13-5-8-16(21-4)14(9-13)10-18-15-6-7-15/h5,8-9,15,18H,6-7,10H2,1-4H3. The Hall–Kier alpha value is -1.81. The van der Waals surface area contributed by atoms with Crippen molar-refractivity contribution in [2.75, 3.05) is 7.11 Å². The average molecular weight is 285 g/mol. The largest absolute Gasteiger partial charge is 0.496 e. The van der Waals surface area contributed by atoms with Crippen LogP contribution in [0.25, 0.3) is 11.1 Å². The maximum absolute atomic E-state index is 5.49. The van der Waals surface area contributed by atoms with Gasteiger partial charge in [0.15, 0.2) is 0 Å². The molecule has 1 fully saturated rings. The maximum atomic E-state index is 5.49. The first-order valence-electron chi connectivity index (χ1n) is 7.51.